The Bertz CT molecular complexity index is 724. The van der Waals surface area contributed by atoms with Crippen molar-refractivity contribution in [3.05, 3.63) is 71.7 Å². The van der Waals surface area contributed by atoms with Crippen molar-refractivity contribution in [2.75, 3.05) is 5.32 Å². The summed E-state index contributed by atoms with van der Waals surface area (Å²) in [6.45, 7) is 0. The fraction of sp³-hybridized carbons (Fsp3) is 0.0588. The molecule has 0 unspecified atom stereocenters. The average molecular weight is 294 g/mol. The Morgan fingerprint density at radius 2 is 1.95 bits per heavy atom. The lowest BCUT2D eigenvalue weighted by Gasteiger charge is -2.06. The number of benzene rings is 2. The smallest absolute Gasteiger partial charge is 0.228 e. The van der Waals surface area contributed by atoms with Gasteiger partial charge in [0.1, 0.15) is 5.01 Å². The van der Waals surface area contributed by atoms with Gasteiger partial charge in [0.25, 0.3) is 0 Å². The third-order valence-electron chi connectivity index (χ3n) is 3.03. The third-order valence-corrected chi connectivity index (χ3v) is 3.86. The van der Waals surface area contributed by atoms with Crippen LogP contribution in [0.1, 0.15) is 5.56 Å². The molecule has 0 bridgehead atoms. The second kappa shape index (κ2) is 6.33. The Morgan fingerprint density at radius 3 is 2.71 bits per heavy atom. The highest BCUT2D eigenvalue weighted by atomic mass is 32.1. The number of nitrogens with zero attached hydrogens (tertiary/aromatic N) is 1. The van der Waals surface area contributed by atoms with Gasteiger partial charge in [0.05, 0.1) is 6.42 Å². The number of aromatic nitrogens is 1. The maximum absolute atomic E-state index is 12.1. The van der Waals surface area contributed by atoms with Crippen molar-refractivity contribution < 1.29 is 4.79 Å². The quantitative estimate of drug-likeness (QED) is 0.790. The van der Waals surface area contributed by atoms with Gasteiger partial charge in [0.2, 0.25) is 5.91 Å². The summed E-state index contributed by atoms with van der Waals surface area (Å²) in [5.74, 6) is -0.0162. The molecule has 0 saturated carbocycles. The van der Waals surface area contributed by atoms with Crippen molar-refractivity contribution in [3.8, 4) is 10.6 Å². The van der Waals surface area contributed by atoms with E-state index in [1.807, 2.05) is 60.0 Å². The molecule has 0 aliphatic rings. The molecule has 3 aromatic rings. The lowest BCUT2D eigenvalue weighted by Crippen LogP contribution is -2.14. The van der Waals surface area contributed by atoms with Gasteiger partial charge in [-0.05, 0) is 17.7 Å². The van der Waals surface area contributed by atoms with Crippen LogP contribution in [0.5, 0.6) is 0 Å². The van der Waals surface area contributed by atoms with E-state index in [1.54, 1.807) is 17.5 Å². The Kier molecular flexibility index (Phi) is 4.07. The van der Waals surface area contributed by atoms with Gasteiger partial charge in [0, 0.05) is 22.8 Å². The zero-order valence-corrected chi connectivity index (χ0v) is 12.1. The van der Waals surface area contributed by atoms with E-state index in [4.69, 9.17) is 0 Å². The number of hydrogen-bond acceptors (Lipinski definition) is 3. The zero-order chi connectivity index (χ0) is 14.5. The van der Waals surface area contributed by atoms with E-state index in [2.05, 4.69) is 10.3 Å². The number of carbonyl (C=O) groups is 1. The van der Waals surface area contributed by atoms with Gasteiger partial charge in [-0.25, -0.2) is 4.98 Å². The van der Waals surface area contributed by atoms with Crippen molar-refractivity contribution in [1.82, 2.24) is 4.98 Å². The molecule has 1 heterocycles. The minimum Gasteiger partial charge on any atom is -0.326 e. The molecule has 0 aliphatic heterocycles. The van der Waals surface area contributed by atoms with Crippen LogP contribution in [-0.4, -0.2) is 10.9 Å². The minimum absolute atomic E-state index is 0.0162. The topological polar surface area (TPSA) is 42.0 Å². The van der Waals surface area contributed by atoms with Crippen LogP contribution in [-0.2, 0) is 11.2 Å². The maximum Gasteiger partial charge on any atom is 0.228 e. The summed E-state index contributed by atoms with van der Waals surface area (Å²) >= 11 is 1.58. The highest BCUT2D eigenvalue weighted by Gasteiger charge is 2.06. The van der Waals surface area contributed by atoms with Crippen molar-refractivity contribution >= 4 is 22.9 Å². The van der Waals surface area contributed by atoms with E-state index in [9.17, 15) is 4.79 Å². The van der Waals surface area contributed by atoms with Crippen LogP contribution in [0.3, 0.4) is 0 Å². The molecule has 104 valence electrons. The van der Waals surface area contributed by atoms with E-state index in [1.165, 1.54) is 0 Å². The molecule has 4 heteroatoms. The number of anilines is 1. The Morgan fingerprint density at radius 1 is 1.10 bits per heavy atom. The molecule has 1 amide bonds. The van der Waals surface area contributed by atoms with Gasteiger partial charge in [0.15, 0.2) is 0 Å². The molecule has 1 aromatic heterocycles. The van der Waals surface area contributed by atoms with Crippen LogP contribution in [0.2, 0.25) is 0 Å². The molecule has 0 spiro atoms. The fourth-order valence-electron chi connectivity index (χ4n) is 2.08. The zero-order valence-electron chi connectivity index (χ0n) is 11.3. The minimum atomic E-state index is -0.0162. The van der Waals surface area contributed by atoms with Crippen molar-refractivity contribution in [2.45, 2.75) is 6.42 Å². The molecule has 0 fully saturated rings. The molecule has 0 radical (unpaired) electrons. The van der Waals surface area contributed by atoms with Crippen LogP contribution in [0.25, 0.3) is 10.6 Å². The van der Waals surface area contributed by atoms with Crippen LogP contribution in [0.15, 0.2) is 66.2 Å². The SMILES string of the molecule is O=C(Cc1ccccc1)Nc1cccc(-c2nccs2)c1. The first-order chi connectivity index (χ1) is 10.3. The van der Waals surface area contributed by atoms with E-state index in [0.717, 1.165) is 21.8 Å². The monoisotopic (exact) mass is 294 g/mol. The Labute approximate surface area is 127 Å². The van der Waals surface area contributed by atoms with Crippen molar-refractivity contribution in [1.29, 1.82) is 0 Å². The van der Waals surface area contributed by atoms with Crippen LogP contribution in [0, 0.1) is 0 Å². The molecule has 3 rings (SSSR count). The summed E-state index contributed by atoms with van der Waals surface area (Å²) in [6, 6.07) is 17.5. The predicted octanol–water partition coefficient (Wildman–Crippen LogP) is 3.99. The third kappa shape index (κ3) is 3.55. The van der Waals surface area contributed by atoms with Gasteiger partial charge in [-0.1, -0.05) is 42.5 Å². The Balaban J connectivity index is 1.70. The number of nitrogens with one attached hydrogen (secondary N) is 1. The first-order valence-electron chi connectivity index (χ1n) is 6.65. The normalized spacial score (nSPS) is 10.3. The molecular formula is C17H14N2OS. The molecule has 0 aliphatic carbocycles. The Hall–Kier alpha value is -2.46. The molecule has 1 N–H and O–H groups in total. The summed E-state index contributed by atoms with van der Waals surface area (Å²) < 4.78 is 0. The summed E-state index contributed by atoms with van der Waals surface area (Å²) in [4.78, 5) is 16.3. The molecule has 0 saturated heterocycles. The second-order valence-corrected chi connectivity index (χ2v) is 5.52. The van der Waals surface area contributed by atoms with E-state index in [-0.39, 0.29) is 5.91 Å². The number of carbonyl (C=O) groups excluding carboxylic acids is 1. The van der Waals surface area contributed by atoms with Gasteiger partial charge >= 0.3 is 0 Å². The molecule has 2 aromatic carbocycles. The maximum atomic E-state index is 12.1. The predicted molar refractivity (Wildman–Crippen MR) is 86.3 cm³/mol. The largest absolute Gasteiger partial charge is 0.326 e. The lowest BCUT2D eigenvalue weighted by atomic mass is 10.1. The first kappa shape index (κ1) is 13.5. The summed E-state index contributed by atoms with van der Waals surface area (Å²) in [5.41, 5.74) is 2.82. The highest BCUT2D eigenvalue weighted by Crippen LogP contribution is 2.24. The van der Waals surface area contributed by atoms with Crippen LogP contribution in [0.4, 0.5) is 5.69 Å². The average Bonchev–Trinajstić information content (AvgIpc) is 3.02. The number of hydrogen-bond donors (Lipinski definition) is 1. The van der Waals surface area contributed by atoms with Gasteiger partial charge in [-0.3, -0.25) is 4.79 Å². The number of thiazole rings is 1. The van der Waals surface area contributed by atoms with E-state index in [0.29, 0.717) is 6.42 Å². The van der Waals surface area contributed by atoms with E-state index < -0.39 is 0 Å². The van der Waals surface area contributed by atoms with Crippen LogP contribution < -0.4 is 5.32 Å². The van der Waals surface area contributed by atoms with E-state index >= 15 is 0 Å². The summed E-state index contributed by atoms with van der Waals surface area (Å²) in [7, 11) is 0. The number of rotatable bonds is 4. The molecule has 0 atom stereocenters. The fourth-order valence-corrected chi connectivity index (χ4v) is 2.72. The standard InChI is InChI=1S/C17H14N2OS/c20-16(11-13-5-2-1-3-6-13)19-15-8-4-7-14(12-15)17-18-9-10-21-17/h1-10,12H,11H2,(H,19,20). The lowest BCUT2D eigenvalue weighted by molar-refractivity contribution is -0.115. The van der Waals surface area contributed by atoms with Crippen LogP contribution >= 0.6 is 11.3 Å². The van der Waals surface area contributed by atoms with Crippen molar-refractivity contribution in [2.24, 2.45) is 0 Å². The number of amides is 1. The van der Waals surface area contributed by atoms with Gasteiger partial charge < -0.3 is 5.32 Å². The molecule has 21 heavy (non-hydrogen) atoms. The van der Waals surface area contributed by atoms with Crippen molar-refractivity contribution in [3.63, 3.8) is 0 Å². The molecular weight excluding hydrogens is 280 g/mol. The first-order valence-corrected chi connectivity index (χ1v) is 7.53. The summed E-state index contributed by atoms with van der Waals surface area (Å²) in [5, 5.41) is 5.82. The molecule has 3 nitrogen and oxygen atoms in total. The second-order valence-electron chi connectivity index (χ2n) is 4.63. The highest BCUT2D eigenvalue weighted by molar-refractivity contribution is 7.13. The van der Waals surface area contributed by atoms with Gasteiger partial charge in [-0.2, -0.15) is 0 Å². The van der Waals surface area contributed by atoms with Gasteiger partial charge in [-0.15, -0.1) is 11.3 Å². The summed E-state index contributed by atoms with van der Waals surface area (Å²) in [6.07, 6.45) is 2.16.